The van der Waals surface area contributed by atoms with Crippen LogP contribution in [0.25, 0.3) is 0 Å². The summed E-state index contributed by atoms with van der Waals surface area (Å²) < 4.78 is 27.3. The van der Waals surface area contributed by atoms with Crippen molar-refractivity contribution in [1.82, 2.24) is 4.72 Å². The lowest BCUT2D eigenvalue weighted by Crippen LogP contribution is -2.37. The molecule has 1 aromatic carbocycles. The molecule has 1 fully saturated rings. The minimum absolute atomic E-state index is 0.0967. The highest BCUT2D eigenvalue weighted by molar-refractivity contribution is 7.99. The van der Waals surface area contributed by atoms with E-state index in [1.54, 1.807) is 11.8 Å². The fraction of sp³-hybridized carbons (Fsp3) is 0.417. The fourth-order valence-electron chi connectivity index (χ4n) is 2.04. The Morgan fingerprint density at radius 1 is 1.29 bits per heavy atom. The third-order valence-electron chi connectivity index (χ3n) is 3.10. The zero-order valence-corrected chi connectivity index (χ0v) is 13.9. The number of aromatic carboxylic acids is 1. The van der Waals surface area contributed by atoms with E-state index in [4.69, 9.17) is 28.3 Å². The lowest BCUT2D eigenvalue weighted by Gasteiger charge is -2.22. The van der Waals surface area contributed by atoms with Crippen molar-refractivity contribution >= 4 is 51.0 Å². The molecule has 1 aliphatic rings. The van der Waals surface area contributed by atoms with Gasteiger partial charge in [-0.2, -0.15) is 11.8 Å². The number of halogens is 2. The number of hydrogen-bond acceptors (Lipinski definition) is 4. The second kappa shape index (κ2) is 6.75. The van der Waals surface area contributed by atoms with E-state index >= 15 is 0 Å². The highest BCUT2D eigenvalue weighted by Crippen LogP contribution is 2.31. The number of carbonyl (C=O) groups is 1. The minimum atomic E-state index is -3.88. The van der Waals surface area contributed by atoms with Gasteiger partial charge in [-0.05, 0) is 36.5 Å². The summed E-state index contributed by atoms with van der Waals surface area (Å²) in [6, 6.07) is 2.29. The second-order valence-corrected chi connectivity index (χ2v) is 8.24. The van der Waals surface area contributed by atoms with E-state index < -0.39 is 21.6 Å². The summed E-state index contributed by atoms with van der Waals surface area (Å²) in [5, 5.41) is 8.61. The first-order valence-corrected chi connectivity index (χ1v) is 9.53. The van der Waals surface area contributed by atoms with Gasteiger partial charge in [-0.1, -0.05) is 23.2 Å². The largest absolute Gasteiger partial charge is 0.478 e. The van der Waals surface area contributed by atoms with Crippen LogP contribution in [-0.4, -0.2) is 37.0 Å². The average molecular weight is 370 g/mol. The Kier molecular flexibility index (Phi) is 5.43. The van der Waals surface area contributed by atoms with Crippen LogP contribution in [0.3, 0.4) is 0 Å². The molecule has 9 heteroatoms. The number of carboxylic acid groups (broad SMARTS) is 1. The zero-order valence-electron chi connectivity index (χ0n) is 10.8. The van der Waals surface area contributed by atoms with Crippen molar-refractivity contribution < 1.29 is 18.3 Å². The topological polar surface area (TPSA) is 83.5 Å². The van der Waals surface area contributed by atoms with Gasteiger partial charge >= 0.3 is 5.97 Å². The van der Waals surface area contributed by atoms with Crippen LogP contribution in [0.15, 0.2) is 17.0 Å². The summed E-state index contributed by atoms with van der Waals surface area (Å²) >= 11 is 13.5. The summed E-state index contributed by atoms with van der Waals surface area (Å²) in [4.78, 5) is 10.9. The monoisotopic (exact) mass is 369 g/mol. The smallest absolute Gasteiger partial charge is 0.338 e. The van der Waals surface area contributed by atoms with Gasteiger partial charge in [-0.25, -0.2) is 17.9 Å². The average Bonchev–Trinajstić information content (AvgIpc) is 2.38. The molecule has 1 saturated heterocycles. The summed E-state index contributed by atoms with van der Waals surface area (Å²) in [7, 11) is -3.88. The first kappa shape index (κ1) is 16.9. The van der Waals surface area contributed by atoms with E-state index in [1.807, 2.05) is 0 Å². The van der Waals surface area contributed by atoms with Crippen LogP contribution in [0.1, 0.15) is 23.2 Å². The number of benzene rings is 1. The summed E-state index contributed by atoms with van der Waals surface area (Å²) in [6.07, 6.45) is 1.47. The highest BCUT2D eigenvalue weighted by Gasteiger charge is 2.27. The van der Waals surface area contributed by atoms with Crippen LogP contribution >= 0.6 is 35.0 Å². The molecule has 0 radical (unpaired) electrons. The number of hydrogen-bond donors (Lipinski definition) is 2. The predicted octanol–water partition coefficient (Wildman–Crippen LogP) is 2.87. The molecule has 0 bridgehead atoms. The van der Waals surface area contributed by atoms with Crippen LogP contribution in [-0.2, 0) is 10.0 Å². The minimum Gasteiger partial charge on any atom is -0.478 e. The number of nitrogens with one attached hydrogen (secondary N) is 1. The molecule has 0 aliphatic carbocycles. The third-order valence-corrected chi connectivity index (χ3v) is 6.53. The molecule has 1 aromatic rings. The summed E-state index contributed by atoms with van der Waals surface area (Å²) in [5.74, 6) is 0.417. The maximum atomic E-state index is 12.4. The van der Waals surface area contributed by atoms with Gasteiger partial charge in [0, 0.05) is 6.04 Å². The van der Waals surface area contributed by atoms with E-state index in [-0.39, 0.29) is 21.0 Å². The third kappa shape index (κ3) is 3.84. The number of thioether (sulfide) groups is 1. The van der Waals surface area contributed by atoms with Gasteiger partial charge in [0.2, 0.25) is 10.0 Å². The maximum absolute atomic E-state index is 12.4. The molecule has 0 unspecified atom stereocenters. The Labute approximate surface area is 137 Å². The van der Waals surface area contributed by atoms with Gasteiger partial charge in [-0.15, -0.1) is 0 Å². The van der Waals surface area contributed by atoms with Crippen LogP contribution in [0.4, 0.5) is 0 Å². The molecular weight excluding hydrogens is 357 g/mol. The van der Waals surface area contributed by atoms with Gasteiger partial charge in [0.25, 0.3) is 0 Å². The molecule has 116 valence electrons. The Morgan fingerprint density at radius 2 is 1.90 bits per heavy atom. The molecule has 2 N–H and O–H groups in total. The highest BCUT2D eigenvalue weighted by atomic mass is 35.5. The van der Waals surface area contributed by atoms with Gasteiger partial charge < -0.3 is 5.11 Å². The fourth-order valence-corrected chi connectivity index (χ4v) is 5.37. The van der Waals surface area contributed by atoms with Crippen molar-refractivity contribution in [3.63, 3.8) is 0 Å². The van der Waals surface area contributed by atoms with Crippen LogP contribution in [0, 0.1) is 0 Å². The van der Waals surface area contributed by atoms with E-state index in [0.29, 0.717) is 0 Å². The predicted molar refractivity (Wildman–Crippen MR) is 84.1 cm³/mol. The molecule has 0 amide bonds. The zero-order chi connectivity index (χ0) is 15.6. The Hall–Kier alpha value is -0.470. The molecule has 1 aliphatic heterocycles. The molecule has 0 spiro atoms. The van der Waals surface area contributed by atoms with Gasteiger partial charge in [0.15, 0.2) is 0 Å². The van der Waals surface area contributed by atoms with Gasteiger partial charge in [-0.3, -0.25) is 0 Å². The van der Waals surface area contributed by atoms with E-state index in [1.165, 1.54) is 12.1 Å². The van der Waals surface area contributed by atoms with E-state index in [9.17, 15) is 13.2 Å². The Bertz CT molecular complexity index is 657. The quantitative estimate of drug-likeness (QED) is 0.852. The standard InChI is InChI=1S/C12H13Cl2NO4S2/c13-8-1-2-9(11(14)10(8)12(16)17)21(18,19)15-7-3-5-20-6-4-7/h1-2,7,15H,3-6H2,(H,16,17). The Morgan fingerprint density at radius 3 is 2.48 bits per heavy atom. The lowest BCUT2D eigenvalue weighted by atomic mass is 10.2. The first-order chi connectivity index (χ1) is 9.83. The molecule has 2 rings (SSSR count). The van der Waals surface area contributed by atoms with E-state index in [0.717, 1.165) is 24.3 Å². The summed E-state index contributed by atoms with van der Waals surface area (Å²) in [6.45, 7) is 0. The van der Waals surface area contributed by atoms with Crippen LogP contribution in [0.5, 0.6) is 0 Å². The molecule has 0 aromatic heterocycles. The molecular formula is C12H13Cl2NO4S2. The number of rotatable bonds is 4. The second-order valence-electron chi connectivity index (χ2n) is 4.55. The molecule has 0 saturated carbocycles. The van der Waals surface area contributed by atoms with Crippen molar-refractivity contribution in [3.8, 4) is 0 Å². The lowest BCUT2D eigenvalue weighted by molar-refractivity contribution is 0.0697. The van der Waals surface area contributed by atoms with Crippen molar-refractivity contribution in [2.24, 2.45) is 0 Å². The van der Waals surface area contributed by atoms with Crippen molar-refractivity contribution in [2.75, 3.05) is 11.5 Å². The van der Waals surface area contributed by atoms with E-state index in [2.05, 4.69) is 4.72 Å². The summed E-state index contributed by atoms with van der Waals surface area (Å²) in [5.41, 5.74) is -0.402. The van der Waals surface area contributed by atoms with Crippen molar-refractivity contribution in [2.45, 2.75) is 23.8 Å². The SMILES string of the molecule is O=C(O)c1c(Cl)ccc(S(=O)(=O)NC2CCSCC2)c1Cl. The molecule has 0 atom stereocenters. The maximum Gasteiger partial charge on any atom is 0.338 e. The molecule has 1 heterocycles. The van der Waals surface area contributed by atoms with Gasteiger partial charge in [0.05, 0.1) is 15.6 Å². The normalized spacial score (nSPS) is 16.9. The Balaban J connectivity index is 2.36. The number of sulfonamides is 1. The molecule has 5 nitrogen and oxygen atoms in total. The van der Waals surface area contributed by atoms with Gasteiger partial charge in [0.1, 0.15) is 4.90 Å². The molecule has 21 heavy (non-hydrogen) atoms. The van der Waals surface area contributed by atoms with Crippen molar-refractivity contribution in [1.29, 1.82) is 0 Å². The number of carboxylic acids is 1. The van der Waals surface area contributed by atoms with Crippen LogP contribution in [0.2, 0.25) is 10.0 Å². The van der Waals surface area contributed by atoms with Crippen LogP contribution < -0.4 is 4.72 Å². The van der Waals surface area contributed by atoms with Crippen molar-refractivity contribution in [3.05, 3.63) is 27.7 Å². The first-order valence-electron chi connectivity index (χ1n) is 6.14.